The minimum absolute atomic E-state index is 0.000541. The van der Waals surface area contributed by atoms with Crippen molar-refractivity contribution in [2.24, 2.45) is 5.92 Å². The van der Waals surface area contributed by atoms with Crippen LogP contribution in [-0.4, -0.2) is 93.2 Å². The zero-order chi connectivity index (χ0) is 28.6. The van der Waals surface area contributed by atoms with Gasteiger partial charge in [0.05, 0.1) is 30.8 Å². The molecule has 0 aliphatic carbocycles. The lowest BCUT2D eigenvalue weighted by atomic mass is 9.96. The van der Waals surface area contributed by atoms with Gasteiger partial charge in [-0.1, -0.05) is 6.07 Å². The highest BCUT2D eigenvalue weighted by Gasteiger charge is 2.24. The van der Waals surface area contributed by atoms with E-state index in [0.29, 0.717) is 48.9 Å². The van der Waals surface area contributed by atoms with Crippen LogP contribution < -0.4 is 5.32 Å². The lowest BCUT2D eigenvalue weighted by molar-refractivity contribution is -0.121. The molecule has 11 heteroatoms. The van der Waals surface area contributed by atoms with Crippen molar-refractivity contribution in [3.63, 3.8) is 0 Å². The van der Waals surface area contributed by atoms with E-state index in [2.05, 4.69) is 42.4 Å². The zero-order valence-corrected chi connectivity index (χ0v) is 23.4. The maximum atomic E-state index is 13.3. The summed E-state index contributed by atoms with van der Waals surface area (Å²) < 4.78 is 5.42. The van der Waals surface area contributed by atoms with Crippen molar-refractivity contribution in [3.05, 3.63) is 60.6 Å². The number of fused-ring (bicyclic) bond motifs is 2. The third-order valence-electron chi connectivity index (χ3n) is 8.29. The highest BCUT2D eigenvalue weighted by molar-refractivity contribution is 6.08. The maximum absolute atomic E-state index is 13.3. The Hall–Kier alpha value is -4.61. The summed E-state index contributed by atoms with van der Waals surface area (Å²) in [6, 6.07) is 11.6. The van der Waals surface area contributed by atoms with Crippen molar-refractivity contribution in [2.75, 3.05) is 51.8 Å². The largest absolute Gasteiger partial charge is 0.378 e. The average Bonchev–Trinajstić information content (AvgIpc) is 3.65. The molecule has 2 aliphatic heterocycles. The van der Waals surface area contributed by atoms with E-state index < -0.39 is 0 Å². The molecule has 1 aromatic carbocycles. The summed E-state index contributed by atoms with van der Waals surface area (Å²) in [5.41, 5.74) is 6.02. The van der Waals surface area contributed by atoms with Crippen LogP contribution in [0.4, 0.5) is 5.69 Å². The third-order valence-corrected chi connectivity index (χ3v) is 8.29. The van der Waals surface area contributed by atoms with Gasteiger partial charge in [-0.2, -0.15) is 5.10 Å². The van der Waals surface area contributed by atoms with Crippen molar-refractivity contribution < 1.29 is 14.3 Å². The first-order valence-corrected chi connectivity index (χ1v) is 14.3. The van der Waals surface area contributed by atoms with Gasteiger partial charge in [0.25, 0.3) is 5.91 Å². The fourth-order valence-electron chi connectivity index (χ4n) is 5.85. The number of likely N-dealkylation sites (tertiary alicyclic amines) is 1. The predicted octanol–water partition coefficient (Wildman–Crippen LogP) is 3.92. The summed E-state index contributed by atoms with van der Waals surface area (Å²) in [6.45, 7) is 4.13. The third kappa shape index (κ3) is 5.01. The number of morpholine rings is 1. The van der Waals surface area contributed by atoms with Gasteiger partial charge in [-0.05, 0) is 63.3 Å². The topological polar surface area (TPSA) is 132 Å². The number of ether oxygens (including phenoxy) is 1. The molecule has 5 aromatic rings. The standard InChI is InChI=1S/C31H32N8O3/c1-38-7-5-19(6-8-38)30(40)34-22-13-20(16-32-18-22)21-14-25-28(36-37-29(25)33-17-21)27-15-24-23(3-2-4-26(24)35-27)31(41)39-9-11-42-12-10-39/h2-4,13-19,35H,5-12H2,1H3,(H,34,40)(H,33,36,37). The second-order valence-electron chi connectivity index (χ2n) is 11.1. The van der Waals surface area contributed by atoms with Crippen LogP contribution in [0, 0.1) is 5.92 Å². The molecule has 3 N–H and O–H groups in total. The Balaban J connectivity index is 1.18. The van der Waals surface area contributed by atoms with Gasteiger partial charge < -0.3 is 24.8 Å². The van der Waals surface area contributed by atoms with E-state index in [4.69, 9.17) is 4.74 Å². The summed E-state index contributed by atoms with van der Waals surface area (Å²) in [5, 5.41) is 12.3. The molecule has 0 bridgehead atoms. The molecular formula is C31H32N8O3. The van der Waals surface area contributed by atoms with E-state index in [9.17, 15) is 9.59 Å². The minimum Gasteiger partial charge on any atom is -0.378 e. The molecule has 2 amide bonds. The molecule has 0 spiro atoms. The van der Waals surface area contributed by atoms with E-state index in [1.165, 1.54) is 0 Å². The first-order valence-electron chi connectivity index (χ1n) is 14.3. The number of hydrogen-bond acceptors (Lipinski definition) is 7. The molecule has 2 fully saturated rings. The Bertz CT molecular complexity index is 1780. The van der Waals surface area contributed by atoms with Gasteiger partial charge in [0.1, 0.15) is 5.69 Å². The number of nitrogens with one attached hydrogen (secondary N) is 3. The smallest absolute Gasteiger partial charge is 0.254 e. The molecule has 0 saturated carbocycles. The van der Waals surface area contributed by atoms with Crippen LogP contribution in [0.3, 0.4) is 0 Å². The molecule has 4 aromatic heterocycles. The Morgan fingerprint density at radius 3 is 2.62 bits per heavy atom. The van der Waals surface area contributed by atoms with Crippen molar-refractivity contribution >= 4 is 39.4 Å². The van der Waals surface area contributed by atoms with Gasteiger partial charge in [-0.25, -0.2) is 4.98 Å². The van der Waals surface area contributed by atoms with Crippen molar-refractivity contribution in [2.45, 2.75) is 12.8 Å². The first kappa shape index (κ1) is 26.3. The maximum Gasteiger partial charge on any atom is 0.254 e. The van der Waals surface area contributed by atoms with Gasteiger partial charge in [0.15, 0.2) is 5.65 Å². The van der Waals surface area contributed by atoms with Crippen LogP contribution >= 0.6 is 0 Å². The number of amides is 2. The van der Waals surface area contributed by atoms with Gasteiger partial charge in [0, 0.05) is 64.4 Å². The van der Waals surface area contributed by atoms with Crippen LogP contribution in [0.2, 0.25) is 0 Å². The highest BCUT2D eigenvalue weighted by atomic mass is 16.5. The number of pyridine rings is 2. The molecular weight excluding hydrogens is 532 g/mol. The molecule has 7 rings (SSSR count). The zero-order valence-electron chi connectivity index (χ0n) is 23.4. The lowest BCUT2D eigenvalue weighted by Crippen LogP contribution is -2.40. The number of carbonyl (C=O) groups is 2. The number of aromatic nitrogens is 5. The number of nitrogens with zero attached hydrogens (tertiary/aromatic N) is 5. The molecule has 0 radical (unpaired) electrons. The number of anilines is 1. The number of hydrogen-bond donors (Lipinski definition) is 3. The Morgan fingerprint density at radius 2 is 1.79 bits per heavy atom. The van der Waals surface area contributed by atoms with Gasteiger partial charge in [0.2, 0.25) is 5.91 Å². The quantitative estimate of drug-likeness (QED) is 0.295. The minimum atomic E-state index is 0.000541. The number of piperidine rings is 1. The van der Waals surface area contributed by atoms with Gasteiger partial charge in [-0.3, -0.25) is 19.7 Å². The first-order chi connectivity index (χ1) is 20.5. The number of aromatic amines is 2. The fourth-order valence-corrected chi connectivity index (χ4v) is 5.85. The number of carbonyl (C=O) groups excluding carboxylic acids is 2. The second-order valence-corrected chi connectivity index (χ2v) is 11.1. The SMILES string of the molecule is CN1CCC(C(=O)Nc2cncc(-c3cnc4[nH]nc(-c5cc6c(C(=O)N7CCOCC7)cccc6[nH]5)c4c3)c2)CC1. The summed E-state index contributed by atoms with van der Waals surface area (Å²) >= 11 is 0. The molecule has 42 heavy (non-hydrogen) atoms. The normalized spacial score (nSPS) is 16.7. The van der Waals surface area contributed by atoms with E-state index >= 15 is 0 Å². The molecule has 11 nitrogen and oxygen atoms in total. The number of rotatable bonds is 5. The molecule has 0 unspecified atom stereocenters. The van der Waals surface area contributed by atoms with Gasteiger partial charge >= 0.3 is 0 Å². The molecule has 214 valence electrons. The molecule has 2 aliphatic rings. The lowest BCUT2D eigenvalue weighted by Gasteiger charge is -2.28. The van der Waals surface area contributed by atoms with Crippen LogP contribution in [0.15, 0.2) is 55.0 Å². The fraction of sp³-hybridized carbons (Fsp3) is 0.323. The predicted molar refractivity (Wildman–Crippen MR) is 160 cm³/mol. The average molecular weight is 565 g/mol. The van der Waals surface area contributed by atoms with E-state index in [1.54, 1.807) is 18.6 Å². The Kier molecular flexibility index (Phi) is 6.88. The summed E-state index contributed by atoms with van der Waals surface area (Å²) in [6.07, 6.45) is 6.92. The summed E-state index contributed by atoms with van der Waals surface area (Å²) in [7, 11) is 2.08. The van der Waals surface area contributed by atoms with Crippen LogP contribution in [-0.2, 0) is 9.53 Å². The Morgan fingerprint density at radius 1 is 0.976 bits per heavy atom. The monoisotopic (exact) mass is 564 g/mol. The van der Waals surface area contributed by atoms with Crippen molar-refractivity contribution in [3.8, 4) is 22.5 Å². The molecule has 6 heterocycles. The Labute approximate surface area is 242 Å². The van der Waals surface area contributed by atoms with E-state index in [0.717, 1.165) is 59.0 Å². The summed E-state index contributed by atoms with van der Waals surface area (Å²) in [5.74, 6) is 0.0518. The highest BCUT2D eigenvalue weighted by Crippen LogP contribution is 2.32. The molecule has 2 saturated heterocycles. The van der Waals surface area contributed by atoms with Crippen LogP contribution in [0.5, 0.6) is 0 Å². The van der Waals surface area contributed by atoms with E-state index in [-0.39, 0.29) is 17.7 Å². The summed E-state index contributed by atoms with van der Waals surface area (Å²) in [4.78, 5) is 42.7. The number of H-pyrrole nitrogens is 2. The van der Waals surface area contributed by atoms with Crippen LogP contribution in [0.25, 0.3) is 44.5 Å². The molecule has 0 atom stereocenters. The van der Waals surface area contributed by atoms with Crippen molar-refractivity contribution in [1.82, 2.24) is 34.9 Å². The number of benzene rings is 1. The van der Waals surface area contributed by atoms with Crippen molar-refractivity contribution in [1.29, 1.82) is 0 Å². The van der Waals surface area contributed by atoms with E-state index in [1.807, 2.05) is 41.3 Å². The second kappa shape index (κ2) is 11.0. The van der Waals surface area contributed by atoms with Gasteiger partial charge in [-0.15, -0.1) is 0 Å². The van der Waals surface area contributed by atoms with Crippen LogP contribution in [0.1, 0.15) is 23.2 Å².